The second kappa shape index (κ2) is 6.90. The number of hydrogen-bond donors (Lipinski definition) is 0. The Morgan fingerprint density at radius 2 is 2.06 bits per heavy atom. The summed E-state index contributed by atoms with van der Waals surface area (Å²) >= 11 is 17.7. The van der Waals surface area contributed by atoms with Crippen LogP contribution in [0.2, 0.25) is 15.1 Å². The summed E-state index contributed by atoms with van der Waals surface area (Å²) in [5.41, 5.74) is 0.675. The Kier molecular flexibility index (Phi) is 5.83. The fourth-order valence-electron chi connectivity index (χ4n) is 1.20. The van der Waals surface area contributed by atoms with E-state index < -0.39 is 0 Å². The van der Waals surface area contributed by atoms with Crippen molar-refractivity contribution in [2.24, 2.45) is 0 Å². The zero-order chi connectivity index (χ0) is 12.8. The van der Waals surface area contributed by atoms with Crippen molar-refractivity contribution >= 4 is 46.8 Å². The van der Waals surface area contributed by atoms with Crippen LogP contribution in [0.3, 0.4) is 0 Å². The largest absolute Gasteiger partial charge is 0.466 e. The number of halogens is 3. The standard InChI is InChI=1S/C12H11Cl3O2/c1-2-17-11(16)5-3-4-8-6-9(13)7-10(14)12(8)15/h3-4,6-7H,2,5H2,1H3. The van der Waals surface area contributed by atoms with E-state index in [2.05, 4.69) is 0 Å². The maximum Gasteiger partial charge on any atom is 0.309 e. The molecule has 0 spiro atoms. The monoisotopic (exact) mass is 292 g/mol. The van der Waals surface area contributed by atoms with E-state index in [1.807, 2.05) is 0 Å². The molecular formula is C12H11Cl3O2. The molecule has 0 aliphatic heterocycles. The van der Waals surface area contributed by atoms with Gasteiger partial charge in [0, 0.05) is 5.02 Å². The molecule has 0 heterocycles. The van der Waals surface area contributed by atoms with Gasteiger partial charge in [0.25, 0.3) is 0 Å². The number of carbonyl (C=O) groups is 1. The molecule has 17 heavy (non-hydrogen) atoms. The van der Waals surface area contributed by atoms with Crippen molar-refractivity contribution in [3.8, 4) is 0 Å². The third-order valence-electron chi connectivity index (χ3n) is 1.91. The van der Waals surface area contributed by atoms with Crippen LogP contribution in [0.25, 0.3) is 6.08 Å². The van der Waals surface area contributed by atoms with Crippen molar-refractivity contribution in [2.45, 2.75) is 13.3 Å². The van der Waals surface area contributed by atoms with Gasteiger partial charge in [0.15, 0.2) is 0 Å². The van der Waals surface area contributed by atoms with Gasteiger partial charge in [0.05, 0.1) is 23.1 Å². The molecule has 0 aromatic heterocycles. The molecule has 0 unspecified atom stereocenters. The number of benzene rings is 1. The molecular weight excluding hydrogens is 282 g/mol. The average molecular weight is 294 g/mol. The van der Waals surface area contributed by atoms with E-state index in [1.54, 1.807) is 31.2 Å². The third-order valence-corrected chi connectivity index (χ3v) is 2.94. The Morgan fingerprint density at radius 3 is 2.71 bits per heavy atom. The molecule has 2 nitrogen and oxygen atoms in total. The van der Waals surface area contributed by atoms with Gasteiger partial charge in [-0.05, 0) is 24.6 Å². The van der Waals surface area contributed by atoms with E-state index in [1.165, 1.54) is 0 Å². The Balaban J connectivity index is 2.74. The quantitative estimate of drug-likeness (QED) is 0.598. The van der Waals surface area contributed by atoms with E-state index in [-0.39, 0.29) is 12.4 Å². The molecule has 0 aliphatic carbocycles. The topological polar surface area (TPSA) is 26.3 Å². The normalized spacial score (nSPS) is 10.8. The molecule has 0 atom stereocenters. The van der Waals surface area contributed by atoms with Crippen molar-refractivity contribution in [1.29, 1.82) is 0 Å². The van der Waals surface area contributed by atoms with Gasteiger partial charge in [-0.25, -0.2) is 0 Å². The number of carbonyl (C=O) groups excluding carboxylic acids is 1. The number of hydrogen-bond acceptors (Lipinski definition) is 2. The first kappa shape index (κ1) is 14.4. The molecule has 0 radical (unpaired) electrons. The van der Waals surface area contributed by atoms with E-state index in [9.17, 15) is 4.79 Å². The van der Waals surface area contributed by atoms with Gasteiger partial charge in [0.2, 0.25) is 0 Å². The van der Waals surface area contributed by atoms with Crippen LogP contribution in [-0.2, 0) is 9.53 Å². The molecule has 0 fully saturated rings. The Labute approximate surface area is 115 Å². The summed E-state index contributed by atoms with van der Waals surface area (Å²) in [6.45, 7) is 2.13. The van der Waals surface area contributed by atoms with Crippen LogP contribution in [-0.4, -0.2) is 12.6 Å². The molecule has 0 saturated carbocycles. The maximum absolute atomic E-state index is 11.1. The van der Waals surface area contributed by atoms with Crippen LogP contribution in [0.5, 0.6) is 0 Å². The lowest BCUT2D eigenvalue weighted by atomic mass is 10.2. The summed E-state index contributed by atoms with van der Waals surface area (Å²) < 4.78 is 4.78. The lowest BCUT2D eigenvalue weighted by Crippen LogP contribution is -2.01. The number of rotatable bonds is 4. The molecule has 0 bridgehead atoms. The van der Waals surface area contributed by atoms with Crippen molar-refractivity contribution < 1.29 is 9.53 Å². The van der Waals surface area contributed by atoms with E-state index >= 15 is 0 Å². The van der Waals surface area contributed by atoms with Gasteiger partial charge >= 0.3 is 5.97 Å². The van der Waals surface area contributed by atoms with Gasteiger partial charge in [0.1, 0.15) is 0 Å². The molecule has 92 valence electrons. The van der Waals surface area contributed by atoms with Crippen LogP contribution in [0.4, 0.5) is 0 Å². The molecule has 1 rings (SSSR count). The summed E-state index contributed by atoms with van der Waals surface area (Å²) in [6.07, 6.45) is 3.54. The third kappa shape index (κ3) is 4.58. The Morgan fingerprint density at radius 1 is 1.35 bits per heavy atom. The van der Waals surface area contributed by atoms with Crippen LogP contribution < -0.4 is 0 Å². The SMILES string of the molecule is CCOC(=O)CC=Cc1cc(Cl)cc(Cl)c1Cl. The van der Waals surface area contributed by atoms with Crippen molar-refractivity contribution in [3.05, 3.63) is 38.8 Å². The van der Waals surface area contributed by atoms with E-state index in [0.29, 0.717) is 27.2 Å². The predicted octanol–water partition coefficient (Wildman–Crippen LogP) is 4.61. The van der Waals surface area contributed by atoms with E-state index in [4.69, 9.17) is 39.5 Å². The second-order valence-corrected chi connectivity index (χ2v) is 4.42. The Bertz CT molecular complexity index is 442. The minimum atomic E-state index is -0.284. The minimum absolute atomic E-state index is 0.189. The fraction of sp³-hybridized carbons (Fsp3) is 0.250. The van der Waals surface area contributed by atoms with Gasteiger partial charge in [-0.15, -0.1) is 0 Å². The second-order valence-electron chi connectivity index (χ2n) is 3.20. The summed E-state index contributed by atoms with van der Waals surface area (Å²) in [5.74, 6) is -0.284. The molecule has 0 amide bonds. The minimum Gasteiger partial charge on any atom is -0.466 e. The maximum atomic E-state index is 11.1. The highest BCUT2D eigenvalue weighted by atomic mass is 35.5. The average Bonchev–Trinajstić information content (AvgIpc) is 2.25. The first-order valence-corrected chi connectivity index (χ1v) is 6.14. The fourth-order valence-corrected chi connectivity index (χ4v) is 1.88. The molecule has 0 aliphatic rings. The first-order valence-electron chi connectivity index (χ1n) is 5.01. The number of ether oxygens (including phenoxy) is 1. The first-order chi connectivity index (χ1) is 8.04. The highest BCUT2D eigenvalue weighted by molar-refractivity contribution is 6.44. The van der Waals surface area contributed by atoms with Gasteiger partial charge in [-0.2, -0.15) is 0 Å². The van der Waals surface area contributed by atoms with Crippen molar-refractivity contribution in [2.75, 3.05) is 6.61 Å². The molecule has 0 saturated heterocycles. The highest BCUT2D eigenvalue weighted by Crippen LogP contribution is 2.30. The lowest BCUT2D eigenvalue weighted by molar-refractivity contribution is -0.142. The summed E-state index contributed by atoms with van der Waals surface area (Å²) in [5, 5.41) is 1.29. The van der Waals surface area contributed by atoms with Gasteiger partial charge in [-0.3, -0.25) is 4.79 Å². The molecule has 0 N–H and O–H groups in total. The lowest BCUT2D eigenvalue weighted by Gasteiger charge is -2.02. The van der Waals surface area contributed by atoms with Crippen LogP contribution in [0.1, 0.15) is 18.9 Å². The van der Waals surface area contributed by atoms with Gasteiger partial charge < -0.3 is 4.74 Å². The molecule has 5 heteroatoms. The Hall–Kier alpha value is -0.700. The van der Waals surface area contributed by atoms with E-state index in [0.717, 1.165) is 0 Å². The molecule has 1 aromatic rings. The summed E-state index contributed by atoms with van der Waals surface area (Å²) in [6, 6.07) is 3.24. The number of esters is 1. The zero-order valence-electron chi connectivity index (χ0n) is 9.17. The van der Waals surface area contributed by atoms with Gasteiger partial charge in [-0.1, -0.05) is 47.0 Å². The zero-order valence-corrected chi connectivity index (χ0v) is 11.4. The summed E-state index contributed by atoms with van der Waals surface area (Å²) in [7, 11) is 0. The van der Waals surface area contributed by atoms with Crippen LogP contribution in [0, 0.1) is 0 Å². The smallest absolute Gasteiger partial charge is 0.309 e. The van der Waals surface area contributed by atoms with Crippen molar-refractivity contribution in [1.82, 2.24) is 0 Å². The molecule has 1 aromatic carbocycles. The van der Waals surface area contributed by atoms with Crippen LogP contribution >= 0.6 is 34.8 Å². The van der Waals surface area contributed by atoms with Crippen LogP contribution in [0.15, 0.2) is 18.2 Å². The van der Waals surface area contributed by atoms with Crippen molar-refractivity contribution in [3.63, 3.8) is 0 Å². The predicted molar refractivity (Wildman–Crippen MR) is 71.8 cm³/mol. The summed E-state index contributed by atoms with van der Waals surface area (Å²) in [4.78, 5) is 11.1. The highest BCUT2D eigenvalue weighted by Gasteiger charge is 2.04.